The first-order valence-corrected chi connectivity index (χ1v) is 13.4. The number of pyridine rings is 1. The predicted molar refractivity (Wildman–Crippen MR) is 152 cm³/mol. The normalized spacial score (nSPS) is 13.2. The fourth-order valence-corrected chi connectivity index (χ4v) is 4.89. The number of hydrogen-bond acceptors (Lipinski definition) is 9. The number of aryl methyl sites for hydroxylation is 1. The van der Waals surface area contributed by atoms with Gasteiger partial charge in [-0.2, -0.15) is 0 Å². The van der Waals surface area contributed by atoms with Crippen LogP contribution in [0.15, 0.2) is 72.1 Å². The van der Waals surface area contributed by atoms with E-state index < -0.39 is 5.82 Å². The van der Waals surface area contributed by atoms with Gasteiger partial charge in [-0.3, -0.25) is 4.79 Å². The molecule has 0 bridgehead atoms. The monoisotopic (exact) mass is 545 g/mol. The van der Waals surface area contributed by atoms with E-state index in [0.29, 0.717) is 60.0 Å². The molecule has 4 N–H and O–H groups in total. The van der Waals surface area contributed by atoms with Crippen LogP contribution in [0.5, 0.6) is 0 Å². The minimum atomic E-state index is -0.453. The number of rotatable bonds is 8. The Labute approximate surface area is 230 Å². The Kier molecular flexibility index (Phi) is 8.18. The SMILES string of the molecule is Cc1cccnc1Nc1ccnc(SCc2ccc(C(=O)Nc3c(N)cc(F)cc3N3CCOCC3)cc2)n1. The molecule has 4 aromatic rings. The number of halogens is 1. The van der Waals surface area contributed by atoms with Crippen LogP contribution >= 0.6 is 11.8 Å². The van der Waals surface area contributed by atoms with E-state index in [2.05, 4.69) is 25.6 Å². The second-order valence-corrected chi connectivity index (χ2v) is 9.89. The highest BCUT2D eigenvalue weighted by Crippen LogP contribution is 2.34. The summed E-state index contributed by atoms with van der Waals surface area (Å²) in [6.07, 6.45) is 3.43. The molecule has 11 heteroatoms. The van der Waals surface area contributed by atoms with Gasteiger partial charge in [0.05, 0.1) is 30.3 Å². The number of nitrogen functional groups attached to an aromatic ring is 1. The van der Waals surface area contributed by atoms with Crippen molar-refractivity contribution in [1.29, 1.82) is 0 Å². The number of nitrogens with two attached hydrogens (primary N) is 1. The molecule has 1 aliphatic rings. The Hall–Kier alpha value is -4.22. The van der Waals surface area contributed by atoms with E-state index in [4.69, 9.17) is 10.5 Å². The lowest BCUT2D eigenvalue weighted by atomic mass is 10.1. The maximum atomic E-state index is 14.1. The smallest absolute Gasteiger partial charge is 0.255 e. The molecular formula is C28H28FN7O2S. The molecule has 5 rings (SSSR count). The molecule has 0 radical (unpaired) electrons. The summed E-state index contributed by atoms with van der Waals surface area (Å²) >= 11 is 1.49. The highest BCUT2D eigenvalue weighted by molar-refractivity contribution is 7.98. The number of morpholine rings is 1. The van der Waals surface area contributed by atoms with Crippen molar-refractivity contribution in [3.63, 3.8) is 0 Å². The van der Waals surface area contributed by atoms with Crippen LogP contribution in [-0.2, 0) is 10.5 Å². The third kappa shape index (κ3) is 6.62. The zero-order chi connectivity index (χ0) is 27.2. The topological polar surface area (TPSA) is 118 Å². The van der Waals surface area contributed by atoms with Crippen LogP contribution in [0.4, 0.5) is 33.1 Å². The van der Waals surface area contributed by atoms with E-state index in [1.54, 1.807) is 30.6 Å². The van der Waals surface area contributed by atoms with Crippen molar-refractivity contribution < 1.29 is 13.9 Å². The maximum Gasteiger partial charge on any atom is 0.255 e. The van der Waals surface area contributed by atoms with E-state index >= 15 is 0 Å². The second-order valence-electron chi connectivity index (χ2n) is 8.95. The van der Waals surface area contributed by atoms with Crippen LogP contribution in [0.1, 0.15) is 21.5 Å². The van der Waals surface area contributed by atoms with Crippen LogP contribution in [0, 0.1) is 12.7 Å². The third-order valence-electron chi connectivity index (χ3n) is 6.18. The molecule has 1 aliphatic heterocycles. The van der Waals surface area contributed by atoms with E-state index in [1.165, 1.54) is 23.9 Å². The first-order chi connectivity index (χ1) is 19.0. The zero-order valence-electron chi connectivity index (χ0n) is 21.4. The van der Waals surface area contributed by atoms with Crippen molar-refractivity contribution in [3.05, 3.63) is 89.5 Å². The largest absolute Gasteiger partial charge is 0.397 e. The molecule has 0 spiro atoms. The molecule has 0 saturated carbocycles. The van der Waals surface area contributed by atoms with Crippen LogP contribution in [0.3, 0.4) is 0 Å². The van der Waals surface area contributed by atoms with Gasteiger partial charge in [0.2, 0.25) is 0 Å². The Balaban J connectivity index is 1.22. The molecule has 39 heavy (non-hydrogen) atoms. The highest BCUT2D eigenvalue weighted by Gasteiger charge is 2.20. The summed E-state index contributed by atoms with van der Waals surface area (Å²) in [4.78, 5) is 28.3. The van der Waals surface area contributed by atoms with Crippen molar-refractivity contribution in [2.75, 3.05) is 47.6 Å². The lowest BCUT2D eigenvalue weighted by Crippen LogP contribution is -2.37. The van der Waals surface area contributed by atoms with Crippen LogP contribution in [-0.4, -0.2) is 47.2 Å². The van der Waals surface area contributed by atoms with E-state index in [-0.39, 0.29) is 11.6 Å². The summed E-state index contributed by atoms with van der Waals surface area (Å²) in [5.41, 5.74) is 9.72. The molecule has 200 valence electrons. The summed E-state index contributed by atoms with van der Waals surface area (Å²) in [7, 11) is 0. The quantitative estimate of drug-likeness (QED) is 0.159. The predicted octanol–water partition coefficient (Wildman–Crippen LogP) is 5.03. The fourth-order valence-electron chi connectivity index (χ4n) is 4.11. The minimum absolute atomic E-state index is 0.174. The molecule has 1 amide bonds. The van der Waals surface area contributed by atoms with E-state index in [9.17, 15) is 9.18 Å². The van der Waals surface area contributed by atoms with Crippen molar-refractivity contribution >= 4 is 46.4 Å². The zero-order valence-corrected chi connectivity index (χ0v) is 22.2. The van der Waals surface area contributed by atoms with Gasteiger partial charge in [0.1, 0.15) is 17.5 Å². The number of amides is 1. The van der Waals surface area contributed by atoms with E-state index in [1.807, 2.05) is 36.1 Å². The van der Waals surface area contributed by atoms with E-state index in [0.717, 1.165) is 16.9 Å². The van der Waals surface area contributed by atoms with Crippen LogP contribution in [0.25, 0.3) is 0 Å². The average molecular weight is 546 g/mol. The number of anilines is 5. The molecule has 2 aromatic heterocycles. The summed E-state index contributed by atoms with van der Waals surface area (Å²) in [5.74, 6) is 1.26. The molecular weight excluding hydrogens is 517 g/mol. The number of carbonyl (C=O) groups is 1. The first-order valence-electron chi connectivity index (χ1n) is 12.4. The van der Waals surface area contributed by atoms with Gasteiger partial charge in [0.25, 0.3) is 5.91 Å². The number of carbonyl (C=O) groups excluding carboxylic acids is 1. The van der Waals surface area contributed by atoms with Gasteiger partial charge in [0.15, 0.2) is 5.16 Å². The molecule has 2 aromatic carbocycles. The lowest BCUT2D eigenvalue weighted by Gasteiger charge is -2.31. The van der Waals surface area contributed by atoms with Crippen molar-refractivity contribution in [2.24, 2.45) is 0 Å². The standard InChI is InChI=1S/C28H28FN7O2S/c1-18-3-2-9-31-26(18)33-24-8-10-32-28(34-24)39-17-19-4-6-20(7-5-19)27(37)35-25-22(30)15-21(29)16-23(25)36-11-13-38-14-12-36/h2-10,15-16H,11-14,17,30H2,1H3,(H,35,37)(H,31,32,33,34). The van der Waals surface area contributed by atoms with Gasteiger partial charge in [-0.25, -0.2) is 19.3 Å². The summed E-state index contributed by atoms with van der Waals surface area (Å²) in [5, 5.41) is 6.72. The molecule has 0 atom stereocenters. The number of nitrogens with zero attached hydrogens (tertiary/aromatic N) is 4. The lowest BCUT2D eigenvalue weighted by molar-refractivity contribution is 0.102. The number of ether oxygens (including phenoxy) is 1. The average Bonchev–Trinajstić information content (AvgIpc) is 2.95. The van der Waals surface area contributed by atoms with Gasteiger partial charge < -0.3 is 26.0 Å². The summed E-state index contributed by atoms with van der Waals surface area (Å²) in [6.45, 7) is 4.21. The Morgan fingerprint density at radius 2 is 1.90 bits per heavy atom. The van der Waals surface area contributed by atoms with Gasteiger partial charge >= 0.3 is 0 Å². The molecule has 1 fully saturated rings. The van der Waals surface area contributed by atoms with Crippen LogP contribution in [0.2, 0.25) is 0 Å². The Morgan fingerprint density at radius 3 is 2.67 bits per heavy atom. The molecule has 9 nitrogen and oxygen atoms in total. The minimum Gasteiger partial charge on any atom is -0.397 e. The van der Waals surface area contributed by atoms with Gasteiger partial charge in [-0.1, -0.05) is 30.0 Å². The molecule has 0 aliphatic carbocycles. The number of hydrogen-bond donors (Lipinski definition) is 3. The molecule has 0 unspecified atom stereocenters. The third-order valence-corrected chi connectivity index (χ3v) is 7.11. The van der Waals surface area contributed by atoms with Crippen molar-refractivity contribution in [2.45, 2.75) is 17.8 Å². The summed E-state index contributed by atoms with van der Waals surface area (Å²) < 4.78 is 19.5. The Morgan fingerprint density at radius 1 is 1.10 bits per heavy atom. The fraction of sp³-hybridized carbons (Fsp3) is 0.214. The molecule has 3 heterocycles. The Bertz CT molecular complexity index is 1460. The highest BCUT2D eigenvalue weighted by atomic mass is 32.2. The number of benzene rings is 2. The maximum absolute atomic E-state index is 14.1. The van der Waals surface area contributed by atoms with Gasteiger partial charge in [-0.05, 0) is 54.4 Å². The molecule has 1 saturated heterocycles. The summed E-state index contributed by atoms with van der Waals surface area (Å²) in [6, 6.07) is 15.5. The number of aromatic nitrogens is 3. The van der Waals surface area contributed by atoms with Crippen molar-refractivity contribution in [1.82, 2.24) is 15.0 Å². The van der Waals surface area contributed by atoms with Gasteiger partial charge in [-0.15, -0.1) is 0 Å². The first kappa shape index (κ1) is 26.4. The number of thioether (sulfide) groups is 1. The van der Waals surface area contributed by atoms with Gasteiger partial charge in [0, 0.05) is 36.8 Å². The van der Waals surface area contributed by atoms with Crippen LogP contribution < -0.4 is 21.3 Å². The van der Waals surface area contributed by atoms with Crippen molar-refractivity contribution in [3.8, 4) is 0 Å². The number of nitrogens with one attached hydrogen (secondary N) is 2. The second kappa shape index (κ2) is 12.1.